The third-order valence-electron chi connectivity index (χ3n) is 3.94. The average Bonchev–Trinajstić information content (AvgIpc) is 3.01. The van der Waals surface area contributed by atoms with Gasteiger partial charge in [-0.15, -0.1) is 0 Å². The van der Waals surface area contributed by atoms with E-state index >= 15 is 0 Å². The summed E-state index contributed by atoms with van der Waals surface area (Å²) in [6.07, 6.45) is 1.55. The van der Waals surface area contributed by atoms with E-state index in [1.807, 2.05) is 0 Å². The molecular weight excluding hydrogens is 320 g/mol. The van der Waals surface area contributed by atoms with Crippen LogP contribution in [0.25, 0.3) is 10.9 Å². The number of hydrogen-bond acceptors (Lipinski definition) is 4. The van der Waals surface area contributed by atoms with Gasteiger partial charge in [0.25, 0.3) is 5.91 Å². The maximum Gasteiger partial charge on any atom is 0.257 e. The number of carbonyl (C=O) groups excluding carboxylic acids is 2. The normalized spacial score (nSPS) is 10.5. The fraction of sp³-hybridized carbons (Fsp3) is 0.158. The van der Waals surface area contributed by atoms with Crippen LogP contribution < -0.4 is 14.8 Å². The maximum atomic E-state index is 12.7. The monoisotopic (exact) mass is 338 g/mol. The van der Waals surface area contributed by atoms with Crippen molar-refractivity contribution >= 4 is 28.4 Å². The molecule has 0 spiro atoms. The predicted octanol–water partition coefficient (Wildman–Crippen LogP) is 3.57. The SMILES string of the molecule is COc1ccc(NC(=O)c2cn(C(C)=O)c3ccc(OC)cc23)cc1. The molecule has 2 aromatic carbocycles. The number of rotatable bonds is 4. The van der Waals surface area contributed by atoms with Gasteiger partial charge < -0.3 is 14.8 Å². The van der Waals surface area contributed by atoms with Crippen LogP contribution in [-0.4, -0.2) is 30.6 Å². The molecule has 0 atom stereocenters. The summed E-state index contributed by atoms with van der Waals surface area (Å²) in [5, 5.41) is 3.48. The molecular formula is C19H18N2O4. The van der Waals surface area contributed by atoms with Gasteiger partial charge in [-0.1, -0.05) is 0 Å². The number of anilines is 1. The van der Waals surface area contributed by atoms with E-state index in [1.165, 1.54) is 11.5 Å². The van der Waals surface area contributed by atoms with E-state index in [-0.39, 0.29) is 11.8 Å². The molecule has 0 bridgehead atoms. The highest BCUT2D eigenvalue weighted by Gasteiger charge is 2.17. The van der Waals surface area contributed by atoms with E-state index in [4.69, 9.17) is 9.47 Å². The van der Waals surface area contributed by atoms with Gasteiger partial charge in [-0.25, -0.2) is 0 Å². The number of methoxy groups -OCH3 is 2. The molecule has 0 unspecified atom stereocenters. The van der Waals surface area contributed by atoms with Gasteiger partial charge in [-0.3, -0.25) is 14.2 Å². The van der Waals surface area contributed by atoms with E-state index in [9.17, 15) is 9.59 Å². The van der Waals surface area contributed by atoms with E-state index in [1.54, 1.807) is 62.9 Å². The van der Waals surface area contributed by atoms with Crippen LogP contribution in [0.1, 0.15) is 22.1 Å². The zero-order valence-corrected chi connectivity index (χ0v) is 14.2. The molecule has 1 N–H and O–H groups in total. The number of amides is 1. The maximum absolute atomic E-state index is 12.7. The van der Waals surface area contributed by atoms with Crippen molar-refractivity contribution in [1.29, 1.82) is 0 Å². The first-order valence-electron chi connectivity index (χ1n) is 7.69. The fourth-order valence-corrected chi connectivity index (χ4v) is 2.65. The third kappa shape index (κ3) is 3.19. The van der Waals surface area contributed by atoms with Gasteiger partial charge >= 0.3 is 0 Å². The summed E-state index contributed by atoms with van der Waals surface area (Å²) in [6, 6.07) is 12.3. The van der Waals surface area contributed by atoms with Crippen molar-refractivity contribution in [1.82, 2.24) is 4.57 Å². The summed E-state index contributed by atoms with van der Waals surface area (Å²) in [4.78, 5) is 24.6. The number of benzene rings is 2. The summed E-state index contributed by atoms with van der Waals surface area (Å²) in [7, 11) is 3.14. The Labute approximate surface area is 145 Å². The Morgan fingerprint density at radius 1 is 0.960 bits per heavy atom. The molecule has 3 aromatic rings. The van der Waals surface area contributed by atoms with Gasteiger partial charge in [0.15, 0.2) is 0 Å². The molecule has 128 valence electrons. The number of ether oxygens (including phenoxy) is 2. The summed E-state index contributed by atoms with van der Waals surface area (Å²) in [5.41, 5.74) is 1.70. The number of nitrogens with one attached hydrogen (secondary N) is 1. The van der Waals surface area contributed by atoms with Crippen LogP contribution in [0.4, 0.5) is 5.69 Å². The first-order valence-corrected chi connectivity index (χ1v) is 7.69. The highest BCUT2D eigenvalue weighted by atomic mass is 16.5. The predicted molar refractivity (Wildman–Crippen MR) is 95.7 cm³/mol. The zero-order chi connectivity index (χ0) is 18.0. The molecule has 0 aliphatic heterocycles. The second-order valence-electron chi connectivity index (χ2n) is 5.50. The zero-order valence-electron chi connectivity index (χ0n) is 14.2. The molecule has 3 rings (SSSR count). The molecule has 6 nitrogen and oxygen atoms in total. The molecule has 1 aromatic heterocycles. The van der Waals surface area contributed by atoms with Crippen LogP contribution in [0.5, 0.6) is 11.5 Å². The molecule has 0 aliphatic rings. The van der Waals surface area contributed by atoms with Crippen molar-refractivity contribution in [2.24, 2.45) is 0 Å². The largest absolute Gasteiger partial charge is 0.497 e. The lowest BCUT2D eigenvalue weighted by molar-refractivity contribution is 0.0941. The van der Waals surface area contributed by atoms with Crippen LogP contribution in [-0.2, 0) is 0 Å². The lowest BCUT2D eigenvalue weighted by Gasteiger charge is -2.06. The second-order valence-corrected chi connectivity index (χ2v) is 5.50. The molecule has 1 amide bonds. The number of hydrogen-bond donors (Lipinski definition) is 1. The summed E-state index contributed by atoms with van der Waals surface area (Å²) in [6.45, 7) is 1.45. The molecule has 1 heterocycles. The van der Waals surface area contributed by atoms with E-state index < -0.39 is 0 Å². The molecule has 0 saturated carbocycles. The molecule has 25 heavy (non-hydrogen) atoms. The Morgan fingerprint density at radius 3 is 2.20 bits per heavy atom. The smallest absolute Gasteiger partial charge is 0.257 e. The highest BCUT2D eigenvalue weighted by Crippen LogP contribution is 2.27. The topological polar surface area (TPSA) is 69.6 Å². The van der Waals surface area contributed by atoms with Gasteiger partial charge in [0, 0.05) is 24.2 Å². The Kier molecular flexibility index (Phi) is 4.43. The Balaban J connectivity index is 2.00. The molecule has 0 radical (unpaired) electrons. The lowest BCUT2D eigenvalue weighted by Crippen LogP contribution is -2.11. The quantitative estimate of drug-likeness (QED) is 0.789. The van der Waals surface area contributed by atoms with Crippen LogP contribution in [0.3, 0.4) is 0 Å². The second kappa shape index (κ2) is 6.68. The Hall–Kier alpha value is -3.28. The van der Waals surface area contributed by atoms with Gasteiger partial charge in [0.1, 0.15) is 11.5 Å². The first-order chi connectivity index (χ1) is 12.0. The highest BCUT2D eigenvalue weighted by molar-refractivity contribution is 6.14. The minimum Gasteiger partial charge on any atom is -0.497 e. The van der Waals surface area contributed by atoms with Crippen molar-refractivity contribution in [2.75, 3.05) is 19.5 Å². The summed E-state index contributed by atoms with van der Waals surface area (Å²) < 4.78 is 11.8. The minimum absolute atomic E-state index is 0.168. The van der Waals surface area contributed by atoms with Crippen LogP contribution in [0.15, 0.2) is 48.7 Å². The molecule has 6 heteroatoms. The van der Waals surface area contributed by atoms with E-state index in [0.717, 1.165) is 0 Å². The van der Waals surface area contributed by atoms with Crippen molar-refractivity contribution < 1.29 is 19.1 Å². The molecule has 0 fully saturated rings. The minimum atomic E-state index is -0.302. The van der Waals surface area contributed by atoms with Gasteiger partial charge in [0.05, 0.1) is 25.3 Å². The van der Waals surface area contributed by atoms with E-state index in [2.05, 4.69) is 5.32 Å². The summed E-state index contributed by atoms with van der Waals surface area (Å²) >= 11 is 0. The standard InChI is InChI=1S/C19H18N2O4/c1-12(22)21-11-17(16-10-15(25-3)8-9-18(16)21)19(23)20-13-4-6-14(24-2)7-5-13/h4-11H,1-3H3,(H,20,23). The summed E-state index contributed by atoms with van der Waals surface area (Å²) in [5.74, 6) is 0.852. The Morgan fingerprint density at radius 2 is 1.60 bits per heavy atom. The van der Waals surface area contributed by atoms with Crippen LogP contribution >= 0.6 is 0 Å². The van der Waals surface area contributed by atoms with Crippen LogP contribution in [0, 0.1) is 0 Å². The number of fused-ring (bicyclic) bond motifs is 1. The number of nitrogens with zero attached hydrogens (tertiary/aromatic N) is 1. The number of carbonyl (C=O) groups is 2. The third-order valence-corrected chi connectivity index (χ3v) is 3.94. The van der Waals surface area contributed by atoms with Gasteiger partial charge in [-0.2, -0.15) is 0 Å². The lowest BCUT2D eigenvalue weighted by atomic mass is 10.1. The first kappa shape index (κ1) is 16.6. The van der Waals surface area contributed by atoms with E-state index in [0.29, 0.717) is 33.7 Å². The Bertz CT molecular complexity index is 942. The molecule has 0 aliphatic carbocycles. The van der Waals surface area contributed by atoms with Gasteiger partial charge in [-0.05, 0) is 42.5 Å². The van der Waals surface area contributed by atoms with Crippen molar-refractivity contribution in [2.45, 2.75) is 6.92 Å². The number of aromatic nitrogens is 1. The van der Waals surface area contributed by atoms with Gasteiger partial charge in [0.2, 0.25) is 5.91 Å². The molecule has 0 saturated heterocycles. The average molecular weight is 338 g/mol. The van der Waals surface area contributed by atoms with Crippen molar-refractivity contribution in [3.05, 3.63) is 54.2 Å². The van der Waals surface area contributed by atoms with Crippen molar-refractivity contribution in [3.8, 4) is 11.5 Å². The fourth-order valence-electron chi connectivity index (χ4n) is 2.65. The van der Waals surface area contributed by atoms with Crippen molar-refractivity contribution in [3.63, 3.8) is 0 Å². The van der Waals surface area contributed by atoms with Crippen LogP contribution in [0.2, 0.25) is 0 Å².